The zero-order valence-electron chi connectivity index (χ0n) is 14.6. The number of carbonyl (C=O) groups is 1. The lowest BCUT2D eigenvalue weighted by molar-refractivity contribution is 0.0529. The molecular formula is C16H27N5O2. The number of guanidine groups is 1. The van der Waals surface area contributed by atoms with E-state index in [2.05, 4.69) is 25.9 Å². The summed E-state index contributed by atoms with van der Waals surface area (Å²) in [6, 6.07) is 5.89. The van der Waals surface area contributed by atoms with E-state index in [1.54, 1.807) is 7.05 Å². The Balaban J connectivity index is 2.26. The van der Waals surface area contributed by atoms with E-state index in [1.807, 2.05) is 45.9 Å². The third-order valence-corrected chi connectivity index (χ3v) is 2.69. The van der Waals surface area contributed by atoms with Crippen LogP contribution in [0.3, 0.4) is 0 Å². The van der Waals surface area contributed by atoms with Gasteiger partial charge in [0.2, 0.25) is 0 Å². The molecule has 1 rings (SSSR count). The van der Waals surface area contributed by atoms with Gasteiger partial charge in [0, 0.05) is 25.8 Å². The van der Waals surface area contributed by atoms with Gasteiger partial charge in [0.1, 0.15) is 5.60 Å². The standard InChI is InChI=1S/C16H27N5O2/c1-12-7-6-8-13(21-12)11-20-14(17-5)18-9-10-19-15(22)23-16(2,3)4/h6-8H,9-11H2,1-5H3,(H,19,22)(H2,17,18,20). The van der Waals surface area contributed by atoms with E-state index in [0.717, 1.165) is 11.4 Å². The number of aromatic nitrogens is 1. The number of nitrogens with zero attached hydrogens (tertiary/aromatic N) is 2. The molecule has 0 saturated heterocycles. The average Bonchev–Trinajstić information content (AvgIpc) is 2.44. The van der Waals surface area contributed by atoms with E-state index < -0.39 is 11.7 Å². The van der Waals surface area contributed by atoms with Crippen LogP contribution in [-0.4, -0.2) is 42.8 Å². The second-order valence-electron chi connectivity index (χ2n) is 6.05. The number of hydrogen-bond acceptors (Lipinski definition) is 4. The van der Waals surface area contributed by atoms with E-state index in [9.17, 15) is 4.79 Å². The smallest absolute Gasteiger partial charge is 0.407 e. The van der Waals surface area contributed by atoms with Gasteiger partial charge in [-0.15, -0.1) is 0 Å². The number of aryl methyl sites for hydroxylation is 1. The zero-order chi connectivity index (χ0) is 17.3. The van der Waals surface area contributed by atoms with Crippen molar-refractivity contribution >= 4 is 12.1 Å². The Hall–Kier alpha value is -2.31. The van der Waals surface area contributed by atoms with Crippen LogP contribution in [0.15, 0.2) is 23.2 Å². The third-order valence-electron chi connectivity index (χ3n) is 2.69. The van der Waals surface area contributed by atoms with Crippen molar-refractivity contribution in [3.05, 3.63) is 29.6 Å². The van der Waals surface area contributed by atoms with Gasteiger partial charge in [-0.1, -0.05) is 6.07 Å². The summed E-state index contributed by atoms with van der Waals surface area (Å²) < 4.78 is 5.16. The highest BCUT2D eigenvalue weighted by molar-refractivity contribution is 5.79. The maximum absolute atomic E-state index is 11.5. The minimum Gasteiger partial charge on any atom is -0.444 e. The number of nitrogens with one attached hydrogen (secondary N) is 3. The predicted octanol–water partition coefficient (Wildman–Crippen LogP) is 1.58. The highest BCUT2D eigenvalue weighted by Crippen LogP contribution is 2.05. The minimum absolute atomic E-state index is 0.425. The molecule has 0 saturated carbocycles. The molecule has 0 fully saturated rings. The Kier molecular flexibility index (Phi) is 7.31. The van der Waals surface area contributed by atoms with Gasteiger partial charge in [-0.2, -0.15) is 0 Å². The summed E-state index contributed by atoms with van der Waals surface area (Å²) in [6.07, 6.45) is -0.425. The molecule has 0 aliphatic carbocycles. The van der Waals surface area contributed by atoms with Crippen LogP contribution in [0.5, 0.6) is 0 Å². The van der Waals surface area contributed by atoms with Crippen molar-refractivity contribution in [2.75, 3.05) is 20.1 Å². The number of amides is 1. The van der Waals surface area contributed by atoms with E-state index in [4.69, 9.17) is 4.74 Å². The van der Waals surface area contributed by atoms with Gasteiger partial charge < -0.3 is 20.7 Å². The average molecular weight is 321 g/mol. The highest BCUT2D eigenvalue weighted by atomic mass is 16.6. The molecule has 0 spiro atoms. The number of carbonyl (C=O) groups excluding carboxylic acids is 1. The third kappa shape index (κ3) is 8.65. The second kappa shape index (κ2) is 8.97. The molecule has 0 aliphatic heterocycles. The lowest BCUT2D eigenvalue weighted by atomic mass is 10.2. The molecule has 1 heterocycles. The lowest BCUT2D eigenvalue weighted by Gasteiger charge is -2.19. The summed E-state index contributed by atoms with van der Waals surface area (Å²) >= 11 is 0. The molecule has 0 aromatic carbocycles. The van der Waals surface area contributed by atoms with Crippen LogP contribution in [0.1, 0.15) is 32.2 Å². The number of ether oxygens (including phenoxy) is 1. The highest BCUT2D eigenvalue weighted by Gasteiger charge is 2.15. The van der Waals surface area contributed by atoms with Crippen LogP contribution in [0.4, 0.5) is 4.79 Å². The van der Waals surface area contributed by atoms with Crippen LogP contribution in [0.25, 0.3) is 0 Å². The maximum atomic E-state index is 11.5. The Morgan fingerprint density at radius 1 is 1.22 bits per heavy atom. The van der Waals surface area contributed by atoms with Crippen molar-refractivity contribution in [3.8, 4) is 0 Å². The summed E-state index contributed by atoms with van der Waals surface area (Å²) in [5.74, 6) is 0.652. The Morgan fingerprint density at radius 3 is 2.52 bits per heavy atom. The zero-order valence-corrected chi connectivity index (χ0v) is 14.6. The SMILES string of the molecule is CN=C(NCCNC(=O)OC(C)(C)C)NCc1cccc(C)n1. The maximum Gasteiger partial charge on any atom is 0.407 e. The second-order valence-corrected chi connectivity index (χ2v) is 6.05. The van der Waals surface area contributed by atoms with Gasteiger partial charge in [-0.25, -0.2) is 4.79 Å². The molecule has 0 unspecified atom stereocenters. The lowest BCUT2D eigenvalue weighted by Crippen LogP contribution is -2.42. The predicted molar refractivity (Wildman–Crippen MR) is 91.4 cm³/mol. The van der Waals surface area contributed by atoms with E-state index in [0.29, 0.717) is 25.6 Å². The molecule has 0 radical (unpaired) electrons. The summed E-state index contributed by atoms with van der Waals surface area (Å²) in [7, 11) is 1.69. The van der Waals surface area contributed by atoms with Crippen molar-refractivity contribution in [2.45, 2.75) is 39.8 Å². The molecule has 1 amide bonds. The van der Waals surface area contributed by atoms with Gasteiger partial charge in [0.15, 0.2) is 5.96 Å². The van der Waals surface area contributed by atoms with Gasteiger partial charge in [0.25, 0.3) is 0 Å². The number of pyridine rings is 1. The molecule has 0 atom stereocenters. The van der Waals surface area contributed by atoms with Crippen molar-refractivity contribution in [2.24, 2.45) is 4.99 Å². The van der Waals surface area contributed by atoms with Crippen molar-refractivity contribution in [1.29, 1.82) is 0 Å². The summed E-state index contributed by atoms with van der Waals surface area (Å²) in [6.45, 7) is 9.01. The van der Waals surface area contributed by atoms with Crippen LogP contribution in [0.2, 0.25) is 0 Å². The monoisotopic (exact) mass is 321 g/mol. The molecule has 23 heavy (non-hydrogen) atoms. The van der Waals surface area contributed by atoms with Crippen molar-refractivity contribution in [3.63, 3.8) is 0 Å². The fourth-order valence-electron chi connectivity index (χ4n) is 1.75. The van der Waals surface area contributed by atoms with E-state index in [-0.39, 0.29) is 0 Å². The first-order valence-corrected chi connectivity index (χ1v) is 7.64. The molecular weight excluding hydrogens is 294 g/mol. The largest absolute Gasteiger partial charge is 0.444 e. The molecule has 7 nitrogen and oxygen atoms in total. The first-order valence-electron chi connectivity index (χ1n) is 7.64. The topological polar surface area (TPSA) is 87.6 Å². The van der Waals surface area contributed by atoms with Crippen LogP contribution < -0.4 is 16.0 Å². The van der Waals surface area contributed by atoms with Crippen molar-refractivity contribution in [1.82, 2.24) is 20.9 Å². The number of rotatable bonds is 5. The first-order chi connectivity index (χ1) is 10.8. The molecule has 7 heteroatoms. The fourth-order valence-corrected chi connectivity index (χ4v) is 1.75. The minimum atomic E-state index is -0.490. The van der Waals surface area contributed by atoms with Crippen LogP contribution in [0, 0.1) is 6.92 Å². The molecule has 0 bridgehead atoms. The van der Waals surface area contributed by atoms with Gasteiger partial charge in [0.05, 0.1) is 12.2 Å². The number of hydrogen-bond donors (Lipinski definition) is 3. The fraction of sp³-hybridized carbons (Fsp3) is 0.562. The van der Waals surface area contributed by atoms with Crippen LogP contribution in [-0.2, 0) is 11.3 Å². The Morgan fingerprint density at radius 2 is 1.91 bits per heavy atom. The van der Waals surface area contributed by atoms with Gasteiger partial charge >= 0.3 is 6.09 Å². The summed E-state index contributed by atoms with van der Waals surface area (Å²) in [5.41, 5.74) is 1.43. The molecule has 0 aliphatic rings. The van der Waals surface area contributed by atoms with E-state index >= 15 is 0 Å². The number of aliphatic imine (C=N–C) groups is 1. The molecule has 1 aromatic heterocycles. The Bertz CT molecular complexity index is 538. The first kappa shape index (κ1) is 18.7. The summed E-state index contributed by atoms with van der Waals surface area (Å²) in [4.78, 5) is 20.0. The Labute approximate surface area is 137 Å². The van der Waals surface area contributed by atoms with Gasteiger partial charge in [-0.05, 0) is 39.8 Å². The van der Waals surface area contributed by atoms with Crippen molar-refractivity contribution < 1.29 is 9.53 Å². The molecule has 128 valence electrons. The van der Waals surface area contributed by atoms with Crippen LogP contribution >= 0.6 is 0 Å². The molecule has 1 aromatic rings. The van der Waals surface area contributed by atoms with Gasteiger partial charge in [-0.3, -0.25) is 9.98 Å². The normalized spacial score (nSPS) is 11.8. The quantitative estimate of drug-likeness (QED) is 0.435. The summed E-state index contributed by atoms with van der Waals surface area (Å²) in [5, 5.41) is 8.97. The van der Waals surface area contributed by atoms with E-state index in [1.165, 1.54) is 0 Å². The number of alkyl carbamates (subject to hydrolysis) is 1. The molecule has 3 N–H and O–H groups in total.